The highest BCUT2D eigenvalue weighted by Gasteiger charge is 2.12. The zero-order chi connectivity index (χ0) is 9.97. The molecule has 0 radical (unpaired) electrons. The SMILES string of the molecule is NC[C@H](O)c1ccc2c(c1)CCCC2. The first-order chi connectivity index (χ1) is 6.81. The number of aliphatic hydroxyl groups excluding tert-OH is 1. The van der Waals surface area contributed by atoms with Crippen molar-refractivity contribution in [2.45, 2.75) is 31.8 Å². The number of nitrogens with two attached hydrogens (primary N) is 1. The van der Waals surface area contributed by atoms with Crippen molar-refractivity contribution in [2.75, 3.05) is 6.54 Å². The predicted octanol–water partition coefficient (Wildman–Crippen LogP) is 1.56. The van der Waals surface area contributed by atoms with Gasteiger partial charge >= 0.3 is 0 Å². The standard InChI is InChI=1S/C12H17NO/c13-8-12(14)11-6-5-9-3-1-2-4-10(9)7-11/h5-7,12,14H,1-4,8,13H2/t12-/m0/s1. The van der Waals surface area contributed by atoms with Crippen molar-refractivity contribution in [1.29, 1.82) is 0 Å². The van der Waals surface area contributed by atoms with Gasteiger partial charge in [0.05, 0.1) is 6.10 Å². The topological polar surface area (TPSA) is 46.2 Å². The van der Waals surface area contributed by atoms with Crippen LogP contribution < -0.4 is 5.73 Å². The van der Waals surface area contributed by atoms with Crippen LogP contribution in [0.3, 0.4) is 0 Å². The van der Waals surface area contributed by atoms with E-state index in [-0.39, 0.29) is 0 Å². The van der Waals surface area contributed by atoms with E-state index >= 15 is 0 Å². The minimum atomic E-state index is -0.498. The van der Waals surface area contributed by atoms with Gasteiger partial charge in [0.2, 0.25) is 0 Å². The van der Waals surface area contributed by atoms with E-state index in [1.807, 2.05) is 6.07 Å². The minimum Gasteiger partial charge on any atom is -0.387 e. The highest BCUT2D eigenvalue weighted by atomic mass is 16.3. The average molecular weight is 191 g/mol. The lowest BCUT2D eigenvalue weighted by atomic mass is 9.89. The Bertz CT molecular complexity index is 322. The molecule has 0 bridgehead atoms. The highest BCUT2D eigenvalue weighted by molar-refractivity contribution is 5.34. The lowest BCUT2D eigenvalue weighted by Crippen LogP contribution is -2.12. The number of aliphatic hydroxyl groups is 1. The van der Waals surface area contributed by atoms with Crippen LogP contribution in [0.4, 0.5) is 0 Å². The number of fused-ring (bicyclic) bond motifs is 1. The normalized spacial score (nSPS) is 17.6. The fourth-order valence-corrected chi connectivity index (χ4v) is 2.10. The molecule has 1 aliphatic rings. The lowest BCUT2D eigenvalue weighted by Gasteiger charge is -2.18. The zero-order valence-electron chi connectivity index (χ0n) is 8.37. The Labute approximate surface area is 84.7 Å². The molecule has 0 fully saturated rings. The lowest BCUT2D eigenvalue weighted by molar-refractivity contribution is 0.186. The van der Waals surface area contributed by atoms with Gasteiger partial charge in [0, 0.05) is 6.54 Å². The molecule has 1 aliphatic carbocycles. The summed E-state index contributed by atoms with van der Waals surface area (Å²) in [6, 6.07) is 6.26. The molecule has 0 aliphatic heterocycles. The summed E-state index contributed by atoms with van der Waals surface area (Å²) in [6.45, 7) is 0.304. The predicted molar refractivity (Wildman–Crippen MR) is 57.1 cm³/mol. The number of rotatable bonds is 2. The second-order valence-electron chi connectivity index (χ2n) is 3.99. The van der Waals surface area contributed by atoms with E-state index in [2.05, 4.69) is 12.1 Å². The first kappa shape index (κ1) is 9.69. The van der Waals surface area contributed by atoms with Crippen molar-refractivity contribution in [3.05, 3.63) is 34.9 Å². The summed E-state index contributed by atoms with van der Waals surface area (Å²) in [4.78, 5) is 0. The number of benzene rings is 1. The smallest absolute Gasteiger partial charge is 0.0912 e. The number of hydrogen-bond acceptors (Lipinski definition) is 2. The van der Waals surface area contributed by atoms with E-state index in [1.54, 1.807) is 0 Å². The van der Waals surface area contributed by atoms with E-state index in [0.29, 0.717) is 6.54 Å². The van der Waals surface area contributed by atoms with E-state index in [4.69, 9.17) is 5.73 Å². The molecule has 3 N–H and O–H groups in total. The molecule has 2 nitrogen and oxygen atoms in total. The van der Waals surface area contributed by atoms with Gasteiger partial charge in [-0.3, -0.25) is 0 Å². The zero-order valence-corrected chi connectivity index (χ0v) is 8.37. The molecule has 0 unspecified atom stereocenters. The van der Waals surface area contributed by atoms with Crippen LogP contribution in [0.15, 0.2) is 18.2 Å². The van der Waals surface area contributed by atoms with Gasteiger partial charge in [0.1, 0.15) is 0 Å². The molecule has 0 saturated heterocycles. The van der Waals surface area contributed by atoms with Crippen LogP contribution in [0, 0.1) is 0 Å². The molecular weight excluding hydrogens is 174 g/mol. The summed E-state index contributed by atoms with van der Waals surface area (Å²) in [5, 5.41) is 9.61. The third-order valence-corrected chi connectivity index (χ3v) is 2.98. The van der Waals surface area contributed by atoms with Crippen molar-refractivity contribution in [2.24, 2.45) is 5.73 Å². The van der Waals surface area contributed by atoms with Crippen molar-refractivity contribution in [3.8, 4) is 0 Å². The fraction of sp³-hybridized carbons (Fsp3) is 0.500. The molecule has 2 rings (SSSR count). The van der Waals surface area contributed by atoms with Crippen LogP contribution in [-0.2, 0) is 12.8 Å². The maximum Gasteiger partial charge on any atom is 0.0912 e. The van der Waals surface area contributed by atoms with Crippen LogP contribution >= 0.6 is 0 Å². The first-order valence-corrected chi connectivity index (χ1v) is 5.31. The Morgan fingerprint density at radius 2 is 1.93 bits per heavy atom. The van der Waals surface area contributed by atoms with Crippen molar-refractivity contribution < 1.29 is 5.11 Å². The number of aryl methyl sites for hydroxylation is 2. The molecule has 0 aromatic heterocycles. The highest BCUT2D eigenvalue weighted by Crippen LogP contribution is 2.24. The van der Waals surface area contributed by atoms with Gasteiger partial charge in [0.25, 0.3) is 0 Å². The summed E-state index contributed by atoms with van der Waals surface area (Å²) in [6.07, 6.45) is 4.41. The summed E-state index contributed by atoms with van der Waals surface area (Å²) in [5.74, 6) is 0. The van der Waals surface area contributed by atoms with Gasteiger partial charge in [-0.05, 0) is 42.4 Å². The van der Waals surface area contributed by atoms with Crippen molar-refractivity contribution >= 4 is 0 Å². The molecule has 0 spiro atoms. The molecule has 1 aromatic rings. The van der Waals surface area contributed by atoms with Crippen LogP contribution in [0.5, 0.6) is 0 Å². The summed E-state index contributed by atoms with van der Waals surface area (Å²) < 4.78 is 0. The quantitative estimate of drug-likeness (QED) is 0.745. The van der Waals surface area contributed by atoms with Gasteiger partial charge in [-0.2, -0.15) is 0 Å². The van der Waals surface area contributed by atoms with Crippen LogP contribution in [0.1, 0.15) is 35.6 Å². The Hall–Kier alpha value is -0.860. The largest absolute Gasteiger partial charge is 0.387 e. The third kappa shape index (κ3) is 1.81. The van der Waals surface area contributed by atoms with Crippen molar-refractivity contribution in [3.63, 3.8) is 0 Å². The third-order valence-electron chi connectivity index (χ3n) is 2.98. The second kappa shape index (κ2) is 4.11. The molecule has 1 aromatic carbocycles. The van der Waals surface area contributed by atoms with Gasteiger partial charge in [-0.25, -0.2) is 0 Å². The molecular formula is C12H17NO. The summed E-state index contributed by atoms with van der Waals surface area (Å²) >= 11 is 0. The van der Waals surface area contributed by atoms with E-state index in [0.717, 1.165) is 12.0 Å². The van der Waals surface area contributed by atoms with Gasteiger partial charge < -0.3 is 10.8 Å². The Balaban J connectivity index is 2.29. The molecule has 76 valence electrons. The Kier molecular flexibility index (Phi) is 2.85. The van der Waals surface area contributed by atoms with Crippen molar-refractivity contribution in [1.82, 2.24) is 0 Å². The molecule has 0 saturated carbocycles. The fourth-order valence-electron chi connectivity index (χ4n) is 2.10. The van der Waals surface area contributed by atoms with Gasteiger partial charge in [0.15, 0.2) is 0 Å². The monoisotopic (exact) mass is 191 g/mol. The summed E-state index contributed by atoms with van der Waals surface area (Å²) in [7, 11) is 0. The molecule has 2 heteroatoms. The molecule has 0 heterocycles. The Morgan fingerprint density at radius 3 is 2.64 bits per heavy atom. The van der Waals surface area contributed by atoms with E-state index < -0.39 is 6.10 Å². The number of hydrogen-bond donors (Lipinski definition) is 2. The molecule has 14 heavy (non-hydrogen) atoms. The van der Waals surface area contributed by atoms with E-state index in [9.17, 15) is 5.11 Å². The maximum absolute atomic E-state index is 9.61. The van der Waals surface area contributed by atoms with Crippen LogP contribution in [-0.4, -0.2) is 11.7 Å². The second-order valence-corrected chi connectivity index (χ2v) is 3.99. The van der Waals surface area contributed by atoms with Crippen LogP contribution in [0.2, 0.25) is 0 Å². The average Bonchev–Trinajstić information content (AvgIpc) is 2.27. The van der Waals surface area contributed by atoms with Gasteiger partial charge in [-0.1, -0.05) is 18.2 Å². The first-order valence-electron chi connectivity index (χ1n) is 5.31. The minimum absolute atomic E-state index is 0.304. The Morgan fingerprint density at radius 1 is 1.21 bits per heavy atom. The van der Waals surface area contributed by atoms with E-state index in [1.165, 1.54) is 30.4 Å². The maximum atomic E-state index is 9.61. The molecule has 0 amide bonds. The van der Waals surface area contributed by atoms with Gasteiger partial charge in [-0.15, -0.1) is 0 Å². The summed E-state index contributed by atoms with van der Waals surface area (Å²) in [5.41, 5.74) is 9.25. The molecule has 1 atom stereocenters. The van der Waals surface area contributed by atoms with Crippen LogP contribution in [0.25, 0.3) is 0 Å².